The fourth-order valence-electron chi connectivity index (χ4n) is 3.85. The average molecular weight is 354 g/mol. The number of halogens is 3. The summed E-state index contributed by atoms with van der Waals surface area (Å²) in [4.78, 5) is 6.59. The van der Waals surface area contributed by atoms with Crippen LogP contribution in [0.5, 0.6) is 0 Å². The molecule has 5 nitrogen and oxygen atoms in total. The maximum absolute atomic E-state index is 13.3. The molecule has 0 amide bonds. The molecule has 2 aromatic heterocycles. The van der Waals surface area contributed by atoms with Gasteiger partial charge in [0, 0.05) is 37.4 Å². The van der Waals surface area contributed by atoms with Crippen molar-refractivity contribution in [2.75, 3.05) is 32.8 Å². The molecule has 0 N–H and O–H groups in total. The van der Waals surface area contributed by atoms with E-state index in [0.29, 0.717) is 17.3 Å². The predicted octanol–water partition coefficient (Wildman–Crippen LogP) is 2.88. The Kier molecular flexibility index (Phi) is 4.19. The topological polar surface area (TPSA) is 42.7 Å². The summed E-state index contributed by atoms with van der Waals surface area (Å²) >= 11 is 0. The number of ether oxygens (including phenoxy) is 1. The summed E-state index contributed by atoms with van der Waals surface area (Å²) in [7, 11) is 0. The van der Waals surface area contributed by atoms with E-state index in [1.807, 2.05) is 0 Å². The maximum atomic E-state index is 13.3. The lowest BCUT2D eigenvalue weighted by Gasteiger charge is -2.18. The van der Waals surface area contributed by atoms with Gasteiger partial charge in [0.25, 0.3) is 0 Å². The predicted molar refractivity (Wildman–Crippen MR) is 85.5 cm³/mol. The van der Waals surface area contributed by atoms with E-state index in [2.05, 4.69) is 15.0 Å². The van der Waals surface area contributed by atoms with E-state index in [9.17, 15) is 13.2 Å². The molecule has 4 heterocycles. The smallest absolute Gasteiger partial charge is 0.381 e. The van der Waals surface area contributed by atoms with Crippen LogP contribution in [0.25, 0.3) is 5.65 Å². The minimum Gasteiger partial charge on any atom is -0.381 e. The third-order valence-electron chi connectivity index (χ3n) is 5.10. The molecule has 8 heteroatoms. The fourth-order valence-corrected chi connectivity index (χ4v) is 3.85. The summed E-state index contributed by atoms with van der Waals surface area (Å²) in [6.45, 7) is 6.00. The Morgan fingerprint density at radius 3 is 2.84 bits per heavy atom. The van der Waals surface area contributed by atoms with Crippen LogP contribution in [0, 0.1) is 12.8 Å². The Balaban J connectivity index is 1.56. The van der Waals surface area contributed by atoms with Gasteiger partial charge in [-0.1, -0.05) is 0 Å². The van der Waals surface area contributed by atoms with Crippen molar-refractivity contribution in [2.45, 2.75) is 31.9 Å². The highest BCUT2D eigenvalue weighted by Gasteiger charge is 2.36. The van der Waals surface area contributed by atoms with Gasteiger partial charge in [0.05, 0.1) is 12.3 Å². The lowest BCUT2D eigenvalue weighted by atomic mass is 10.1. The van der Waals surface area contributed by atoms with Gasteiger partial charge in [0.1, 0.15) is 5.69 Å². The molecular formula is C17H21F3N4O. The summed E-state index contributed by atoms with van der Waals surface area (Å²) in [6, 6.07) is 2.75. The van der Waals surface area contributed by atoms with Crippen LogP contribution >= 0.6 is 0 Å². The highest BCUT2D eigenvalue weighted by molar-refractivity contribution is 5.43. The zero-order chi connectivity index (χ0) is 17.6. The van der Waals surface area contributed by atoms with E-state index in [4.69, 9.17) is 4.74 Å². The molecule has 2 aliphatic rings. The molecule has 0 aliphatic carbocycles. The van der Waals surface area contributed by atoms with Crippen LogP contribution in [0.2, 0.25) is 0 Å². The van der Waals surface area contributed by atoms with Crippen LogP contribution in [0.15, 0.2) is 12.1 Å². The lowest BCUT2D eigenvalue weighted by Crippen LogP contribution is -2.27. The molecule has 2 atom stereocenters. The van der Waals surface area contributed by atoms with Crippen molar-refractivity contribution in [1.29, 1.82) is 0 Å². The van der Waals surface area contributed by atoms with Crippen molar-refractivity contribution < 1.29 is 17.9 Å². The van der Waals surface area contributed by atoms with Gasteiger partial charge in [-0.25, -0.2) is 9.50 Å². The third kappa shape index (κ3) is 3.37. The largest absolute Gasteiger partial charge is 0.433 e. The Hall–Kier alpha value is -1.67. The minimum absolute atomic E-state index is 0.158. The zero-order valence-electron chi connectivity index (χ0n) is 14.1. The molecular weight excluding hydrogens is 333 g/mol. The summed E-state index contributed by atoms with van der Waals surface area (Å²) in [5.41, 5.74) is 0.554. The first-order chi connectivity index (χ1) is 11.9. The van der Waals surface area contributed by atoms with Gasteiger partial charge in [0.15, 0.2) is 5.65 Å². The lowest BCUT2D eigenvalue weighted by molar-refractivity contribution is -0.142. The third-order valence-corrected chi connectivity index (χ3v) is 5.10. The highest BCUT2D eigenvalue weighted by atomic mass is 19.4. The van der Waals surface area contributed by atoms with Crippen LogP contribution in [0.3, 0.4) is 0 Å². The summed E-state index contributed by atoms with van der Waals surface area (Å²) in [5, 5.41) is 4.25. The monoisotopic (exact) mass is 354 g/mol. The molecule has 4 rings (SSSR count). The Morgan fingerprint density at radius 2 is 2.12 bits per heavy atom. The molecule has 0 spiro atoms. The quantitative estimate of drug-likeness (QED) is 0.850. The number of aromatic nitrogens is 3. The van der Waals surface area contributed by atoms with Crippen LogP contribution in [-0.4, -0.2) is 52.3 Å². The molecule has 0 bridgehead atoms. The van der Waals surface area contributed by atoms with Crippen molar-refractivity contribution in [1.82, 2.24) is 19.5 Å². The van der Waals surface area contributed by atoms with E-state index in [-0.39, 0.29) is 11.6 Å². The van der Waals surface area contributed by atoms with E-state index in [0.717, 1.165) is 56.3 Å². The second kappa shape index (κ2) is 6.25. The van der Waals surface area contributed by atoms with Gasteiger partial charge in [-0.05, 0) is 38.3 Å². The van der Waals surface area contributed by atoms with Crippen molar-refractivity contribution in [3.63, 3.8) is 0 Å². The number of hydrogen-bond donors (Lipinski definition) is 0. The highest BCUT2D eigenvalue weighted by Crippen LogP contribution is 2.32. The van der Waals surface area contributed by atoms with Crippen molar-refractivity contribution in [3.8, 4) is 0 Å². The number of rotatable bonds is 3. The number of likely N-dealkylation sites (tertiary alicyclic amines) is 1. The van der Waals surface area contributed by atoms with E-state index in [1.54, 1.807) is 13.0 Å². The molecule has 25 heavy (non-hydrogen) atoms. The second-order valence-electron chi connectivity index (χ2n) is 7.09. The second-order valence-corrected chi connectivity index (χ2v) is 7.09. The Labute approximate surface area is 143 Å². The molecule has 2 saturated heterocycles. The van der Waals surface area contributed by atoms with Gasteiger partial charge in [0.2, 0.25) is 0 Å². The van der Waals surface area contributed by atoms with Crippen LogP contribution in [-0.2, 0) is 10.9 Å². The minimum atomic E-state index is -4.45. The standard InChI is InChI=1S/C17H21F3N4O/c1-11-6-15(17(18,19)20)24-16(21-11)7-14(22-24)13-2-4-23(9-13)8-12-3-5-25-10-12/h6-7,12-13H,2-5,8-10H2,1H3. The van der Waals surface area contributed by atoms with Gasteiger partial charge >= 0.3 is 6.18 Å². The van der Waals surface area contributed by atoms with Crippen LogP contribution in [0.1, 0.15) is 35.8 Å². The first kappa shape index (κ1) is 16.8. The first-order valence-electron chi connectivity index (χ1n) is 8.65. The molecule has 0 radical (unpaired) electrons. The Morgan fingerprint density at radius 1 is 1.28 bits per heavy atom. The van der Waals surface area contributed by atoms with Gasteiger partial charge in [-0.15, -0.1) is 0 Å². The van der Waals surface area contributed by atoms with Gasteiger partial charge in [-0.3, -0.25) is 0 Å². The molecule has 2 aromatic rings. The molecule has 2 unspecified atom stereocenters. The number of alkyl halides is 3. The molecule has 0 saturated carbocycles. The maximum Gasteiger partial charge on any atom is 0.433 e. The van der Waals surface area contributed by atoms with Gasteiger partial charge < -0.3 is 9.64 Å². The summed E-state index contributed by atoms with van der Waals surface area (Å²) < 4.78 is 46.2. The average Bonchev–Trinajstić information content (AvgIpc) is 3.25. The van der Waals surface area contributed by atoms with E-state index in [1.165, 1.54) is 0 Å². The number of hydrogen-bond acceptors (Lipinski definition) is 4. The Bertz CT molecular complexity index is 767. The SMILES string of the molecule is Cc1cc(C(F)(F)F)n2nc(C3CCN(CC4CCOC4)C3)cc2n1. The van der Waals surface area contributed by atoms with E-state index >= 15 is 0 Å². The van der Waals surface area contributed by atoms with Crippen molar-refractivity contribution in [3.05, 3.63) is 29.2 Å². The molecule has 2 aliphatic heterocycles. The summed E-state index contributed by atoms with van der Waals surface area (Å²) in [5.74, 6) is 0.728. The van der Waals surface area contributed by atoms with Crippen molar-refractivity contribution >= 4 is 5.65 Å². The van der Waals surface area contributed by atoms with Gasteiger partial charge in [-0.2, -0.15) is 18.3 Å². The van der Waals surface area contributed by atoms with Crippen molar-refractivity contribution in [2.24, 2.45) is 5.92 Å². The normalized spacial score (nSPS) is 25.3. The first-order valence-corrected chi connectivity index (χ1v) is 8.65. The summed E-state index contributed by atoms with van der Waals surface area (Å²) in [6.07, 6.45) is -2.44. The van der Waals surface area contributed by atoms with E-state index < -0.39 is 11.9 Å². The zero-order valence-corrected chi connectivity index (χ0v) is 14.1. The molecule has 2 fully saturated rings. The fraction of sp³-hybridized carbons (Fsp3) is 0.647. The number of nitrogens with zero attached hydrogens (tertiary/aromatic N) is 4. The van der Waals surface area contributed by atoms with Crippen LogP contribution < -0.4 is 0 Å². The molecule has 136 valence electrons. The number of aryl methyl sites for hydroxylation is 1. The van der Waals surface area contributed by atoms with Crippen LogP contribution in [0.4, 0.5) is 13.2 Å². The number of fused-ring (bicyclic) bond motifs is 1. The molecule has 0 aromatic carbocycles.